The maximum absolute atomic E-state index is 12.7. The molecule has 1 aromatic rings. The average Bonchev–Trinajstić information content (AvgIpc) is 2.58. The van der Waals surface area contributed by atoms with Crippen LogP contribution in [0.4, 0.5) is 0 Å². The van der Waals surface area contributed by atoms with Crippen molar-refractivity contribution in [2.24, 2.45) is 11.7 Å². The van der Waals surface area contributed by atoms with Crippen molar-refractivity contribution in [2.75, 3.05) is 13.7 Å². The predicted molar refractivity (Wildman–Crippen MR) is 96.2 cm³/mol. The van der Waals surface area contributed by atoms with E-state index in [2.05, 4.69) is 10.6 Å². The van der Waals surface area contributed by atoms with Crippen molar-refractivity contribution in [3.8, 4) is 0 Å². The number of nitrogens with two attached hydrogens (primary N) is 1. The van der Waals surface area contributed by atoms with E-state index in [1.165, 1.54) is 7.11 Å². The maximum Gasteiger partial charge on any atom is 0.305 e. The van der Waals surface area contributed by atoms with Gasteiger partial charge in [-0.3, -0.25) is 14.4 Å². The number of carbonyl (C=O) groups is 3. The Hall–Kier alpha value is -2.45. The quantitative estimate of drug-likeness (QED) is 0.476. The first-order valence-electron chi connectivity index (χ1n) is 8.38. The third kappa shape index (κ3) is 6.81. The maximum atomic E-state index is 12.7. The van der Waals surface area contributed by atoms with Crippen LogP contribution in [0.3, 0.4) is 0 Å². The summed E-state index contributed by atoms with van der Waals surface area (Å²) in [5.74, 6) is -2.46. The van der Waals surface area contributed by atoms with E-state index in [0.717, 1.165) is 5.56 Å². The van der Waals surface area contributed by atoms with Gasteiger partial charge in [-0.1, -0.05) is 44.2 Å². The Labute approximate surface area is 153 Å². The third-order valence-corrected chi connectivity index (χ3v) is 3.83. The molecule has 0 aromatic heterocycles. The second-order valence-electron chi connectivity index (χ2n) is 6.36. The van der Waals surface area contributed by atoms with Crippen LogP contribution < -0.4 is 16.4 Å². The number of hydrogen-bond donors (Lipinski definition) is 4. The van der Waals surface area contributed by atoms with Crippen LogP contribution >= 0.6 is 0 Å². The Morgan fingerprint density at radius 2 is 1.73 bits per heavy atom. The Morgan fingerprint density at radius 1 is 1.12 bits per heavy atom. The lowest BCUT2D eigenvalue weighted by Crippen LogP contribution is -2.54. The minimum Gasteiger partial charge on any atom is -0.481 e. The molecule has 2 amide bonds. The number of aliphatic carboxylic acids is 1. The molecule has 8 heteroatoms. The molecule has 0 fully saturated rings. The number of benzene rings is 1. The molecule has 0 radical (unpaired) electrons. The summed E-state index contributed by atoms with van der Waals surface area (Å²) >= 11 is 0. The molecule has 8 nitrogen and oxygen atoms in total. The summed E-state index contributed by atoms with van der Waals surface area (Å²) < 4.78 is 5.18. The summed E-state index contributed by atoms with van der Waals surface area (Å²) in [4.78, 5) is 35.4. The van der Waals surface area contributed by atoms with Crippen molar-refractivity contribution in [2.45, 2.75) is 38.4 Å². The lowest BCUT2D eigenvalue weighted by Gasteiger charge is -2.26. The lowest BCUT2D eigenvalue weighted by molar-refractivity contribution is -0.139. The molecule has 5 N–H and O–H groups in total. The Kier molecular flexibility index (Phi) is 8.74. The number of amides is 2. The van der Waals surface area contributed by atoms with Crippen LogP contribution in [0.5, 0.6) is 0 Å². The summed E-state index contributed by atoms with van der Waals surface area (Å²) in [6.07, 6.45) is -0.505. The van der Waals surface area contributed by atoms with Gasteiger partial charge in [0.25, 0.3) is 0 Å². The van der Waals surface area contributed by atoms with E-state index in [9.17, 15) is 14.4 Å². The zero-order chi connectivity index (χ0) is 19.7. The molecule has 1 rings (SSSR count). The van der Waals surface area contributed by atoms with Crippen LogP contribution in [0.2, 0.25) is 0 Å². The van der Waals surface area contributed by atoms with Crippen molar-refractivity contribution in [1.29, 1.82) is 0 Å². The van der Waals surface area contributed by atoms with Gasteiger partial charge in [0.15, 0.2) is 0 Å². The van der Waals surface area contributed by atoms with Crippen LogP contribution in [-0.2, 0) is 19.1 Å². The monoisotopic (exact) mass is 365 g/mol. The summed E-state index contributed by atoms with van der Waals surface area (Å²) in [7, 11) is 1.54. The van der Waals surface area contributed by atoms with Crippen LogP contribution in [0, 0.1) is 5.92 Å². The van der Waals surface area contributed by atoms with E-state index in [1.54, 1.807) is 13.8 Å². The smallest absolute Gasteiger partial charge is 0.305 e. The zero-order valence-corrected chi connectivity index (χ0v) is 15.3. The molecular weight excluding hydrogens is 338 g/mol. The van der Waals surface area contributed by atoms with Gasteiger partial charge in [0.05, 0.1) is 25.1 Å². The first-order chi connectivity index (χ1) is 12.3. The standard InChI is InChI=1S/C18H27N3O5/c1-11(2)16(21-17(24)13(19)9-15(22)23)18(25)20-14(10-26-3)12-7-5-4-6-8-12/h4-8,11,13-14,16H,9-10,19H2,1-3H3,(H,20,25)(H,21,24)(H,22,23)/t13-,14-,16+/m0/s1. The van der Waals surface area contributed by atoms with Crippen LogP contribution in [0.1, 0.15) is 31.9 Å². The van der Waals surface area contributed by atoms with Crippen molar-refractivity contribution in [3.63, 3.8) is 0 Å². The Morgan fingerprint density at radius 3 is 2.23 bits per heavy atom. The number of rotatable bonds is 10. The van der Waals surface area contributed by atoms with Crippen LogP contribution in [0.15, 0.2) is 30.3 Å². The fourth-order valence-corrected chi connectivity index (χ4v) is 2.41. The van der Waals surface area contributed by atoms with Gasteiger partial charge in [-0.15, -0.1) is 0 Å². The molecule has 26 heavy (non-hydrogen) atoms. The van der Waals surface area contributed by atoms with Gasteiger partial charge in [0, 0.05) is 7.11 Å². The van der Waals surface area contributed by atoms with Gasteiger partial charge in [-0.2, -0.15) is 0 Å². The van der Waals surface area contributed by atoms with E-state index < -0.39 is 30.4 Å². The number of methoxy groups -OCH3 is 1. The summed E-state index contributed by atoms with van der Waals surface area (Å²) in [5.41, 5.74) is 6.44. The summed E-state index contributed by atoms with van der Waals surface area (Å²) in [5, 5.41) is 14.1. The lowest BCUT2D eigenvalue weighted by atomic mass is 10.0. The molecule has 0 bridgehead atoms. The SMILES string of the molecule is COC[C@H](NC(=O)[C@H](NC(=O)[C@@H](N)CC(=O)O)C(C)C)c1ccccc1. The van der Waals surface area contributed by atoms with Gasteiger partial charge >= 0.3 is 5.97 Å². The summed E-state index contributed by atoms with van der Waals surface area (Å²) in [6.45, 7) is 3.83. The molecule has 0 unspecified atom stereocenters. The van der Waals surface area contributed by atoms with E-state index in [-0.39, 0.29) is 24.5 Å². The van der Waals surface area contributed by atoms with Gasteiger partial charge < -0.3 is 26.2 Å². The van der Waals surface area contributed by atoms with Gasteiger partial charge in [0.2, 0.25) is 11.8 Å². The van der Waals surface area contributed by atoms with E-state index in [1.807, 2.05) is 30.3 Å². The molecule has 0 aliphatic heterocycles. The largest absolute Gasteiger partial charge is 0.481 e. The van der Waals surface area contributed by atoms with E-state index in [0.29, 0.717) is 0 Å². The van der Waals surface area contributed by atoms with Gasteiger partial charge in [-0.25, -0.2) is 0 Å². The molecule has 144 valence electrons. The Bertz CT molecular complexity index is 606. The van der Waals surface area contributed by atoms with Crippen molar-refractivity contribution < 1.29 is 24.2 Å². The number of ether oxygens (including phenoxy) is 1. The fourth-order valence-electron chi connectivity index (χ4n) is 2.41. The van der Waals surface area contributed by atoms with Crippen LogP contribution in [-0.4, -0.2) is 48.7 Å². The minimum absolute atomic E-state index is 0.213. The highest BCUT2D eigenvalue weighted by molar-refractivity contribution is 5.91. The molecular formula is C18H27N3O5. The second-order valence-corrected chi connectivity index (χ2v) is 6.36. The van der Waals surface area contributed by atoms with Crippen LogP contribution in [0.25, 0.3) is 0 Å². The normalized spacial score (nSPS) is 14.3. The van der Waals surface area contributed by atoms with E-state index >= 15 is 0 Å². The molecule has 0 aliphatic rings. The van der Waals surface area contributed by atoms with Crippen molar-refractivity contribution in [3.05, 3.63) is 35.9 Å². The number of carboxylic acids is 1. The predicted octanol–water partition coefficient (Wildman–Crippen LogP) is 0.433. The number of carboxylic acid groups (broad SMARTS) is 1. The highest BCUT2D eigenvalue weighted by Gasteiger charge is 2.29. The first-order valence-corrected chi connectivity index (χ1v) is 8.38. The molecule has 0 aliphatic carbocycles. The van der Waals surface area contributed by atoms with E-state index in [4.69, 9.17) is 15.6 Å². The van der Waals surface area contributed by atoms with Crippen molar-refractivity contribution >= 4 is 17.8 Å². The number of nitrogens with one attached hydrogen (secondary N) is 2. The molecule has 0 saturated carbocycles. The molecule has 1 aromatic carbocycles. The Balaban J connectivity index is 2.83. The fraction of sp³-hybridized carbons (Fsp3) is 0.500. The first kappa shape index (κ1) is 21.6. The van der Waals surface area contributed by atoms with Gasteiger partial charge in [-0.05, 0) is 11.5 Å². The number of carbonyl (C=O) groups excluding carboxylic acids is 2. The topological polar surface area (TPSA) is 131 Å². The zero-order valence-electron chi connectivity index (χ0n) is 15.3. The molecule has 0 spiro atoms. The van der Waals surface area contributed by atoms with Gasteiger partial charge in [0.1, 0.15) is 6.04 Å². The third-order valence-electron chi connectivity index (χ3n) is 3.83. The number of hydrogen-bond acceptors (Lipinski definition) is 5. The molecule has 3 atom stereocenters. The minimum atomic E-state index is -1.22. The second kappa shape index (κ2) is 10.5. The average molecular weight is 365 g/mol. The summed E-state index contributed by atoms with van der Waals surface area (Å²) in [6, 6.07) is 6.89. The molecule has 0 heterocycles. The molecule has 0 saturated heterocycles. The highest BCUT2D eigenvalue weighted by Crippen LogP contribution is 2.14. The highest BCUT2D eigenvalue weighted by atomic mass is 16.5. The van der Waals surface area contributed by atoms with Crippen molar-refractivity contribution in [1.82, 2.24) is 10.6 Å².